The number of cyclic esters (lactones) is 1. The molecule has 0 amide bonds. The first-order chi connectivity index (χ1) is 28.0. The van der Waals surface area contributed by atoms with Crippen LogP contribution in [0.2, 0.25) is 0 Å². The molecule has 0 spiro atoms. The Labute approximate surface area is 352 Å². The number of ether oxygens (including phenoxy) is 7. The molecule has 0 aromatic rings. The number of hydrogen-bond donors (Lipinski definition) is 4. The number of carbonyl (C=O) groups excluding carboxylic acids is 2. The van der Waals surface area contributed by atoms with Crippen LogP contribution < -0.4 is 0 Å². The topological polar surface area (TPSA) is 186 Å². The standard InChI is InChI=1S/C44H76N2O13/c1-11-34-31(24-55-44-42(54-10)41(53-9)38(51)29(6)57-44)21-25(2)15-16-32(47)26(3)22-30(17-20-46-18-13-12-14-19-46)40(27(4)33(48)23-35(49)58-34)59-43-39(52)36(45(7)8)37(50)28(5)56-43/h15-16,21,26-31,33-34,36-44,48,50-52H,11-14,17-20,22-24H2,1-10H3/b16-15+,25-21+. The molecule has 340 valence electrons. The number of rotatable bonds is 12. The van der Waals surface area contributed by atoms with Gasteiger partial charge in [0.1, 0.15) is 30.5 Å². The summed E-state index contributed by atoms with van der Waals surface area (Å²) in [5.41, 5.74) is 0.763. The second-order valence-corrected chi connectivity index (χ2v) is 17.6. The zero-order chi connectivity index (χ0) is 43.6. The van der Waals surface area contributed by atoms with Crippen molar-refractivity contribution in [3.8, 4) is 0 Å². The van der Waals surface area contributed by atoms with Crippen LogP contribution in [0, 0.1) is 23.7 Å². The van der Waals surface area contributed by atoms with Crippen LogP contribution in [-0.4, -0.2) is 176 Å². The molecule has 3 saturated heterocycles. The fraction of sp³-hybridized carbons (Fsp3) is 0.864. The van der Waals surface area contributed by atoms with Gasteiger partial charge in [0.2, 0.25) is 0 Å². The van der Waals surface area contributed by atoms with Crippen LogP contribution >= 0.6 is 0 Å². The van der Waals surface area contributed by atoms with Gasteiger partial charge in [0.15, 0.2) is 18.4 Å². The second-order valence-electron chi connectivity index (χ2n) is 17.6. The summed E-state index contributed by atoms with van der Waals surface area (Å²) in [5, 5.41) is 45.1. The van der Waals surface area contributed by atoms with E-state index in [4.69, 9.17) is 33.2 Å². The van der Waals surface area contributed by atoms with Crippen molar-refractivity contribution < 1.29 is 63.2 Å². The molecule has 0 aromatic heterocycles. The van der Waals surface area contributed by atoms with Gasteiger partial charge in [-0.25, -0.2) is 0 Å². The number of methoxy groups -OCH3 is 2. The smallest absolute Gasteiger partial charge is 0.308 e. The van der Waals surface area contributed by atoms with E-state index in [1.807, 2.05) is 33.8 Å². The average Bonchev–Trinajstić information content (AvgIpc) is 3.20. The maximum Gasteiger partial charge on any atom is 0.308 e. The van der Waals surface area contributed by atoms with Gasteiger partial charge in [0, 0.05) is 32.0 Å². The van der Waals surface area contributed by atoms with Gasteiger partial charge in [-0.2, -0.15) is 0 Å². The molecule has 0 aliphatic carbocycles. The van der Waals surface area contributed by atoms with Gasteiger partial charge in [-0.05, 0) is 98.6 Å². The third-order valence-corrected chi connectivity index (χ3v) is 13.0. The van der Waals surface area contributed by atoms with E-state index in [-0.39, 0.29) is 24.7 Å². The summed E-state index contributed by atoms with van der Waals surface area (Å²) in [6.45, 7) is 13.7. The Hall–Kier alpha value is -1.86. The Bertz CT molecular complexity index is 1360. The van der Waals surface area contributed by atoms with Crippen molar-refractivity contribution in [1.29, 1.82) is 0 Å². The Kier molecular flexibility index (Phi) is 19.9. The van der Waals surface area contributed by atoms with Crippen molar-refractivity contribution in [1.82, 2.24) is 9.80 Å². The van der Waals surface area contributed by atoms with Crippen LogP contribution in [0.1, 0.15) is 86.5 Å². The normalized spacial score (nSPS) is 42.9. The van der Waals surface area contributed by atoms with E-state index < -0.39 is 103 Å². The number of esters is 1. The first kappa shape index (κ1) is 49.8. The number of likely N-dealkylation sites (tertiary alicyclic amines) is 1. The average molecular weight is 841 g/mol. The Balaban J connectivity index is 1.67. The number of piperidine rings is 1. The van der Waals surface area contributed by atoms with Crippen molar-refractivity contribution in [3.63, 3.8) is 0 Å². The number of nitrogens with zero attached hydrogens (tertiary/aromatic N) is 2. The molecule has 4 aliphatic rings. The van der Waals surface area contributed by atoms with Crippen molar-refractivity contribution >= 4 is 11.8 Å². The highest BCUT2D eigenvalue weighted by Crippen LogP contribution is 2.35. The van der Waals surface area contributed by atoms with Crippen molar-refractivity contribution in [2.24, 2.45) is 23.7 Å². The molecule has 0 bridgehead atoms. The Morgan fingerprint density at radius 3 is 2.12 bits per heavy atom. The largest absolute Gasteiger partial charge is 0.462 e. The zero-order valence-electron chi connectivity index (χ0n) is 37.2. The molecule has 15 heteroatoms. The number of hydrogen-bond acceptors (Lipinski definition) is 15. The van der Waals surface area contributed by atoms with E-state index in [2.05, 4.69) is 4.90 Å². The van der Waals surface area contributed by atoms with Gasteiger partial charge in [0.25, 0.3) is 0 Å². The highest BCUT2D eigenvalue weighted by molar-refractivity contribution is 5.91. The summed E-state index contributed by atoms with van der Waals surface area (Å²) in [5.74, 6) is -2.50. The van der Waals surface area contributed by atoms with E-state index in [1.165, 1.54) is 20.6 Å². The Morgan fingerprint density at radius 2 is 1.49 bits per heavy atom. The highest BCUT2D eigenvalue weighted by atomic mass is 16.7. The van der Waals surface area contributed by atoms with E-state index in [1.54, 1.807) is 45.0 Å². The summed E-state index contributed by atoms with van der Waals surface area (Å²) in [4.78, 5) is 31.9. The van der Waals surface area contributed by atoms with E-state index in [0.29, 0.717) is 19.3 Å². The maximum absolute atomic E-state index is 13.9. The molecule has 3 fully saturated rings. The van der Waals surface area contributed by atoms with Crippen LogP contribution in [-0.2, 0) is 42.7 Å². The first-order valence-corrected chi connectivity index (χ1v) is 21.8. The van der Waals surface area contributed by atoms with Crippen molar-refractivity contribution in [3.05, 3.63) is 23.8 Å². The number of aliphatic hydroxyl groups is 4. The van der Waals surface area contributed by atoms with E-state index in [9.17, 15) is 30.0 Å². The maximum atomic E-state index is 13.9. The van der Waals surface area contributed by atoms with Gasteiger partial charge in [0.05, 0.1) is 49.6 Å². The zero-order valence-corrected chi connectivity index (χ0v) is 37.2. The quantitative estimate of drug-likeness (QED) is 0.210. The fourth-order valence-corrected chi connectivity index (χ4v) is 9.22. The minimum absolute atomic E-state index is 0.0451. The lowest BCUT2D eigenvalue weighted by atomic mass is 9.79. The van der Waals surface area contributed by atoms with Crippen LogP contribution in [0.5, 0.6) is 0 Å². The number of likely N-dealkylation sites (N-methyl/N-ethyl adjacent to an activating group) is 1. The van der Waals surface area contributed by atoms with Crippen LogP contribution in [0.3, 0.4) is 0 Å². The summed E-state index contributed by atoms with van der Waals surface area (Å²) < 4.78 is 42.5. The second kappa shape index (κ2) is 23.5. The van der Waals surface area contributed by atoms with Crippen LogP contribution in [0.25, 0.3) is 0 Å². The molecule has 15 nitrogen and oxygen atoms in total. The lowest BCUT2D eigenvalue weighted by Crippen LogP contribution is -2.63. The molecule has 0 radical (unpaired) electrons. The van der Waals surface area contributed by atoms with Crippen molar-refractivity contribution in [2.45, 2.75) is 166 Å². The minimum Gasteiger partial charge on any atom is -0.462 e. The monoisotopic (exact) mass is 841 g/mol. The lowest BCUT2D eigenvalue weighted by molar-refractivity contribution is -0.304. The van der Waals surface area contributed by atoms with Crippen LogP contribution in [0.4, 0.5) is 0 Å². The van der Waals surface area contributed by atoms with Gasteiger partial charge in [-0.1, -0.05) is 44.9 Å². The molecule has 59 heavy (non-hydrogen) atoms. The molecular weight excluding hydrogens is 764 g/mol. The highest BCUT2D eigenvalue weighted by Gasteiger charge is 2.48. The molecule has 0 saturated carbocycles. The molecule has 17 unspecified atom stereocenters. The van der Waals surface area contributed by atoms with Gasteiger partial charge in [-0.3, -0.25) is 9.59 Å². The molecule has 17 atom stereocenters. The summed E-state index contributed by atoms with van der Waals surface area (Å²) in [6.07, 6.45) is -0.601. The third-order valence-electron chi connectivity index (χ3n) is 13.0. The molecule has 4 heterocycles. The summed E-state index contributed by atoms with van der Waals surface area (Å²) in [7, 11) is 6.53. The number of carbonyl (C=O) groups is 2. The van der Waals surface area contributed by atoms with Gasteiger partial charge in [-0.15, -0.1) is 0 Å². The number of allylic oxidation sites excluding steroid dienone is 3. The molecular formula is C44H76N2O13. The summed E-state index contributed by atoms with van der Waals surface area (Å²) in [6, 6.07) is -0.678. The van der Waals surface area contributed by atoms with E-state index >= 15 is 0 Å². The molecule has 4 aliphatic heterocycles. The predicted molar refractivity (Wildman–Crippen MR) is 220 cm³/mol. The lowest BCUT2D eigenvalue weighted by Gasteiger charge is -2.47. The molecule has 0 aromatic carbocycles. The van der Waals surface area contributed by atoms with Crippen LogP contribution in [0.15, 0.2) is 23.8 Å². The Morgan fingerprint density at radius 1 is 0.847 bits per heavy atom. The van der Waals surface area contributed by atoms with Gasteiger partial charge >= 0.3 is 5.97 Å². The predicted octanol–water partition coefficient (Wildman–Crippen LogP) is 2.85. The number of ketones is 1. The SMILES string of the molecule is CCC1OC(=O)CC(O)C(C)C(OC2OC(C)C(O)C(N(C)C)C2O)C(CCN2CCCCC2)CC(C)C(=O)/C=C/C(C)=C/C1COC1OC(C)C(O)C(OC)C1OC. The van der Waals surface area contributed by atoms with Crippen molar-refractivity contribution in [2.75, 3.05) is 54.6 Å². The van der Waals surface area contributed by atoms with E-state index in [0.717, 1.165) is 38.0 Å². The third kappa shape index (κ3) is 13.3. The first-order valence-electron chi connectivity index (χ1n) is 21.8. The molecule has 4 N–H and O–H groups in total. The number of aliphatic hydroxyl groups excluding tert-OH is 4. The summed E-state index contributed by atoms with van der Waals surface area (Å²) >= 11 is 0. The minimum atomic E-state index is -1.22. The molecule has 4 rings (SSSR count). The van der Waals surface area contributed by atoms with Gasteiger partial charge < -0.3 is 63.4 Å². The fourth-order valence-electron chi connectivity index (χ4n) is 9.22.